The largest absolute Gasteiger partial charge is 0.383 e. The van der Waals surface area contributed by atoms with Crippen LogP contribution in [0.1, 0.15) is 12.0 Å². The molecule has 100 valence electrons. The molecule has 1 rings (SSSR count). The Hall–Kier alpha value is -2.62. The van der Waals surface area contributed by atoms with Crippen LogP contribution in [0.3, 0.4) is 0 Å². The van der Waals surface area contributed by atoms with Crippen LogP contribution < -0.4 is 5.32 Å². The van der Waals surface area contributed by atoms with Gasteiger partial charge in [0.25, 0.3) is 5.69 Å². The van der Waals surface area contributed by atoms with Crippen LogP contribution in [-0.4, -0.2) is 36.4 Å². The van der Waals surface area contributed by atoms with E-state index in [0.717, 1.165) is 0 Å². The van der Waals surface area contributed by atoms with Crippen molar-refractivity contribution in [2.45, 2.75) is 6.42 Å². The lowest BCUT2D eigenvalue weighted by Gasteiger charge is -2.11. The highest BCUT2D eigenvalue weighted by atomic mass is 16.6. The van der Waals surface area contributed by atoms with Crippen molar-refractivity contribution in [3.05, 3.63) is 33.9 Å². The number of carbonyl (C=O) groups excluding carboxylic acids is 1. The molecule has 0 aliphatic heterocycles. The predicted octanol–water partition coefficient (Wildman–Crippen LogP) is 1.36. The molecule has 0 fully saturated rings. The van der Waals surface area contributed by atoms with Gasteiger partial charge in [-0.15, -0.1) is 0 Å². The van der Waals surface area contributed by atoms with Gasteiger partial charge in [-0.05, 0) is 6.07 Å². The molecule has 1 aromatic rings. The number of amides is 1. The van der Waals surface area contributed by atoms with Gasteiger partial charge >= 0.3 is 0 Å². The number of hydrogen-bond acceptors (Lipinski definition) is 5. The zero-order valence-electron chi connectivity index (χ0n) is 10.7. The number of nitriles is 1. The summed E-state index contributed by atoms with van der Waals surface area (Å²) in [7, 11) is 3.32. The van der Waals surface area contributed by atoms with Gasteiger partial charge in [0.05, 0.1) is 16.2 Å². The maximum absolute atomic E-state index is 11.4. The van der Waals surface area contributed by atoms with Crippen LogP contribution in [0.5, 0.6) is 0 Å². The standard InChI is InChI=1S/C12H14N4O3/c1-15(2)12(17)5-6-14-11-4-3-10(16(18)19)7-9(11)8-13/h3-4,7,14H,5-6H2,1-2H3. The topological polar surface area (TPSA) is 99.3 Å². The third-order valence-electron chi connectivity index (χ3n) is 2.49. The number of anilines is 1. The van der Waals surface area contributed by atoms with Gasteiger partial charge in [0.2, 0.25) is 5.91 Å². The van der Waals surface area contributed by atoms with Crippen LogP contribution in [0.15, 0.2) is 18.2 Å². The van der Waals surface area contributed by atoms with Crippen LogP contribution in [-0.2, 0) is 4.79 Å². The van der Waals surface area contributed by atoms with E-state index in [1.807, 2.05) is 6.07 Å². The van der Waals surface area contributed by atoms with Crippen molar-refractivity contribution >= 4 is 17.3 Å². The van der Waals surface area contributed by atoms with Gasteiger partial charge in [0.1, 0.15) is 6.07 Å². The molecular formula is C12H14N4O3. The third-order valence-corrected chi connectivity index (χ3v) is 2.49. The van der Waals surface area contributed by atoms with Crippen LogP contribution in [0.4, 0.5) is 11.4 Å². The molecule has 0 spiro atoms. The predicted molar refractivity (Wildman–Crippen MR) is 69.6 cm³/mol. The van der Waals surface area contributed by atoms with Crippen molar-refractivity contribution in [2.75, 3.05) is 26.0 Å². The van der Waals surface area contributed by atoms with E-state index in [1.165, 1.54) is 23.1 Å². The zero-order valence-corrected chi connectivity index (χ0v) is 10.7. The fraction of sp³-hybridized carbons (Fsp3) is 0.333. The van der Waals surface area contributed by atoms with Gasteiger partial charge in [0.15, 0.2) is 0 Å². The van der Waals surface area contributed by atoms with Crippen LogP contribution >= 0.6 is 0 Å². The maximum Gasteiger partial charge on any atom is 0.270 e. The minimum Gasteiger partial charge on any atom is -0.383 e. The van der Waals surface area contributed by atoms with Crippen molar-refractivity contribution < 1.29 is 9.72 Å². The normalized spacial score (nSPS) is 9.53. The van der Waals surface area contributed by atoms with Crippen molar-refractivity contribution in [3.63, 3.8) is 0 Å². The van der Waals surface area contributed by atoms with E-state index in [1.54, 1.807) is 14.1 Å². The summed E-state index contributed by atoms with van der Waals surface area (Å²) in [6, 6.07) is 5.88. The van der Waals surface area contributed by atoms with Crippen molar-refractivity contribution in [3.8, 4) is 6.07 Å². The molecule has 0 radical (unpaired) electrons. The second-order valence-electron chi connectivity index (χ2n) is 4.06. The molecule has 0 unspecified atom stereocenters. The molecule has 7 nitrogen and oxygen atoms in total. The van der Waals surface area contributed by atoms with Crippen LogP contribution in [0.2, 0.25) is 0 Å². The van der Waals surface area contributed by atoms with Gasteiger partial charge in [-0.1, -0.05) is 0 Å². The number of nitrogens with zero attached hydrogens (tertiary/aromatic N) is 3. The molecule has 1 amide bonds. The minimum atomic E-state index is -0.555. The van der Waals surface area contributed by atoms with Crippen molar-refractivity contribution in [1.82, 2.24) is 4.90 Å². The number of rotatable bonds is 5. The van der Waals surface area contributed by atoms with Gasteiger partial charge in [-0.3, -0.25) is 14.9 Å². The second-order valence-corrected chi connectivity index (χ2v) is 4.06. The highest BCUT2D eigenvalue weighted by molar-refractivity contribution is 5.76. The number of benzene rings is 1. The summed E-state index contributed by atoms with van der Waals surface area (Å²) in [5.74, 6) is -0.0343. The molecule has 0 heterocycles. The number of non-ortho nitro benzene ring substituents is 1. The first-order valence-corrected chi connectivity index (χ1v) is 5.58. The van der Waals surface area contributed by atoms with E-state index in [4.69, 9.17) is 5.26 Å². The number of nitrogens with one attached hydrogen (secondary N) is 1. The minimum absolute atomic E-state index is 0.0343. The first-order chi connectivity index (χ1) is 8.95. The van der Waals surface area contributed by atoms with E-state index in [-0.39, 0.29) is 23.6 Å². The smallest absolute Gasteiger partial charge is 0.270 e. The Morgan fingerprint density at radius 3 is 2.74 bits per heavy atom. The molecule has 0 saturated heterocycles. The molecule has 0 aromatic heterocycles. The molecule has 0 bridgehead atoms. The summed E-state index contributed by atoms with van der Waals surface area (Å²) in [5, 5.41) is 22.4. The van der Waals surface area contributed by atoms with E-state index >= 15 is 0 Å². The Bertz CT molecular complexity index is 534. The lowest BCUT2D eigenvalue weighted by atomic mass is 10.1. The SMILES string of the molecule is CN(C)C(=O)CCNc1ccc([N+](=O)[O-])cc1C#N. The molecule has 0 aliphatic carbocycles. The Labute approximate surface area is 110 Å². The first-order valence-electron chi connectivity index (χ1n) is 5.58. The average Bonchev–Trinajstić information content (AvgIpc) is 2.38. The highest BCUT2D eigenvalue weighted by Gasteiger charge is 2.11. The lowest BCUT2D eigenvalue weighted by Crippen LogP contribution is -2.24. The van der Waals surface area contributed by atoms with E-state index < -0.39 is 4.92 Å². The number of nitro benzene ring substituents is 1. The number of nitro groups is 1. The molecule has 0 aliphatic rings. The number of carbonyl (C=O) groups is 1. The van der Waals surface area contributed by atoms with Gasteiger partial charge in [-0.25, -0.2) is 0 Å². The lowest BCUT2D eigenvalue weighted by molar-refractivity contribution is -0.384. The fourth-order valence-electron chi connectivity index (χ4n) is 1.42. The summed E-state index contributed by atoms with van der Waals surface area (Å²) in [6.45, 7) is 0.365. The third kappa shape index (κ3) is 3.96. The quantitative estimate of drug-likeness (QED) is 0.638. The van der Waals surface area contributed by atoms with Crippen LogP contribution in [0.25, 0.3) is 0 Å². The molecule has 1 aromatic carbocycles. The summed E-state index contributed by atoms with van der Waals surface area (Å²) < 4.78 is 0. The molecule has 19 heavy (non-hydrogen) atoms. The maximum atomic E-state index is 11.4. The van der Waals surface area contributed by atoms with Crippen LogP contribution in [0, 0.1) is 21.4 Å². The Kier molecular flexibility index (Phi) is 4.83. The monoisotopic (exact) mass is 262 g/mol. The van der Waals surface area contributed by atoms with E-state index in [0.29, 0.717) is 12.2 Å². The van der Waals surface area contributed by atoms with Crippen molar-refractivity contribution in [2.24, 2.45) is 0 Å². The summed E-state index contributed by atoms with van der Waals surface area (Å²) in [4.78, 5) is 22.9. The Morgan fingerprint density at radius 1 is 1.53 bits per heavy atom. The summed E-state index contributed by atoms with van der Waals surface area (Å²) >= 11 is 0. The van der Waals surface area contributed by atoms with Gasteiger partial charge in [0, 0.05) is 39.2 Å². The van der Waals surface area contributed by atoms with Crippen molar-refractivity contribution in [1.29, 1.82) is 5.26 Å². The van der Waals surface area contributed by atoms with Gasteiger partial charge < -0.3 is 10.2 Å². The summed E-state index contributed by atoms with van der Waals surface area (Å²) in [6.07, 6.45) is 0.287. The van der Waals surface area contributed by atoms with Gasteiger partial charge in [-0.2, -0.15) is 5.26 Å². The second kappa shape index (κ2) is 6.35. The zero-order chi connectivity index (χ0) is 14.4. The molecule has 7 heteroatoms. The Balaban J connectivity index is 2.72. The van der Waals surface area contributed by atoms with E-state index in [9.17, 15) is 14.9 Å². The molecule has 0 saturated carbocycles. The number of hydrogen-bond donors (Lipinski definition) is 1. The highest BCUT2D eigenvalue weighted by Crippen LogP contribution is 2.21. The molecule has 0 atom stereocenters. The first kappa shape index (κ1) is 14.4. The molecule has 1 N–H and O–H groups in total. The average molecular weight is 262 g/mol. The molecular weight excluding hydrogens is 248 g/mol. The van der Waals surface area contributed by atoms with E-state index in [2.05, 4.69) is 5.32 Å². The fourth-order valence-corrected chi connectivity index (χ4v) is 1.42. The Morgan fingerprint density at radius 2 is 2.21 bits per heavy atom. The summed E-state index contributed by atoms with van der Waals surface area (Å²) in [5.41, 5.74) is 0.539.